The van der Waals surface area contributed by atoms with E-state index in [1.807, 2.05) is 12.1 Å². The van der Waals surface area contributed by atoms with Crippen LogP contribution in [-0.4, -0.2) is 37.1 Å². The van der Waals surface area contributed by atoms with E-state index in [-0.39, 0.29) is 5.97 Å². The van der Waals surface area contributed by atoms with E-state index in [0.717, 1.165) is 18.7 Å². The van der Waals surface area contributed by atoms with Gasteiger partial charge < -0.3 is 10.5 Å². The van der Waals surface area contributed by atoms with Crippen LogP contribution in [0.2, 0.25) is 0 Å². The number of nitrogens with zero attached hydrogens (tertiary/aromatic N) is 1. The molecule has 4 nitrogen and oxygen atoms in total. The number of ether oxygens (including phenoxy) is 1. The van der Waals surface area contributed by atoms with Crippen molar-refractivity contribution < 1.29 is 9.53 Å². The Balaban J connectivity index is 2.00. The first kappa shape index (κ1) is 15.7. The lowest BCUT2D eigenvalue weighted by atomic mass is 10.0. The summed E-state index contributed by atoms with van der Waals surface area (Å²) in [6.07, 6.45) is 5.68. The third kappa shape index (κ3) is 4.41. The van der Waals surface area contributed by atoms with E-state index >= 15 is 0 Å². The Hall–Kier alpha value is -1.65. The van der Waals surface area contributed by atoms with Gasteiger partial charge in [0.2, 0.25) is 0 Å². The first-order chi connectivity index (χ1) is 10.2. The van der Waals surface area contributed by atoms with Gasteiger partial charge in [-0.3, -0.25) is 4.90 Å². The molecule has 1 aromatic carbocycles. The Morgan fingerprint density at radius 2 is 2.19 bits per heavy atom. The zero-order valence-electron chi connectivity index (χ0n) is 12.6. The Morgan fingerprint density at radius 3 is 2.86 bits per heavy atom. The normalized spacial score (nSPS) is 19.2. The van der Waals surface area contributed by atoms with Crippen molar-refractivity contribution in [1.29, 1.82) is 0 Å². The largest absolute Gasteiger partial charge is 0.463 e. The first-order valence-corrected chi connectivity index (χ1v) is 7.63. The van der Waals surface area contributed by atoms with Crippen molar-refractivity contribution in [1.82, 2.24) is 4.90 Å². The fraction of sp³-hybridized carbons (Fsp3) is 0.471. The van der Waals surface area contributed by atoms with Crippen LogP contribution in [0.25, 0.3) is 6.08 Å². The van der Waals surface area contributed by atoms with E-state index < -0.39 is 0 Å². The molecular formula is C17H24N2O2. The van der Waals surface area contributed by atoms with E-state index in [1.54, 1.807) is 13.0 Å². The first-order valence-electron chi connectivity index (χ1n) is 7.63. The molecule has 0 radical (unpaired) electrons. The molecule has 1 fully saturated rings. The van der Waals surface area contributed by atoms with Crippen LogP contribution in [-0.2, 0) is 9.53 Å². The SMILES string of the molecule is CCOC(=O)/C=C/c1ccc(C2CCCN2CCN)cc1. The number of esters is 1. The molecule has 0 saturated carbocycles. The Morgan fingerprint density at radius 1 is 1.43 bits per heavy atom. The summed E-state index contributed by atoms with van der Waals surface area (Å²) in [6.45, 7) is 4.99. The molecule has 1 aliphatic heterocycles. The monoisotopic (exact) mass is 288 g/mol. The van der Waals surface area contributed by atoms with Gasteiger partial charge in [-0.15, -0.1) is 0 Å². The second-order valence-electron chi connectivity index (χ2n) is 5.23. The molecule has 2 N–H and O–H groups in total. The molecule has 0 aliphatic carbocycles. The molecule has 0 spiro atoms. The molecule has 4 heteroatoms. The fourth-order valence-electron chi connectivity index (χ4n) is 2.82. The van der Waals surface area contributed by atoms with Gasteiger partial charge >= 0.3 is 5.97 Å². The fourth-order valence-corrected chi connectivity index (χ4v) is 2.82. The van der Waals surface area contributed by atoms with Crippen molar-refractivity contribution in [2.24, 2.45) is 5.73 Å². The van der Waals surface area contributed by atoms with Crippen LogP contribution in [0.4, 0.5) is 0 Å². The molecular weight excluding hydrogens is 264 g/mol. The van der Waals surface area contributed by atoms with Crippen LogP contribution in [0.3, 0.4) is 0 Å². The summed E-state index contributed by atoms with van der Waals surface area (Å²) >= 11 is 0. The van der Waals surface area contributed by atoms with E-state index in [9.17, 15) is 4.79 Å². The highest BCUT2D eigenvalue weighted by atomic mass is 16.5. The van der Waals surface area contributed by atoms with Gasteiger partial charge in [-0.25, -0.2) is 4.79 Å². The second-order valence-corrected chi connectivity index (χ2v) is 5.23. The highest BCUT2D eigenvalue weighted by Gasteiger charge is 2.24. The van der Waals surface area contributed by atoms with Gasteiger partial charge in [-0.2, -0.15) is 0 Å². The van der Waals surface area contributed by atoms with Crippen LogP contribution >= 0.6 is 0 Å². The Labute approximate surface area is 126 Å². The third-order valence-corrected chi connectivity index (χ3v) is 3.80. The summed E-state index contributed by atoms with van der Waals surface area (Å²) in [4.78, 5) is 13.7. The van der Waals surface area contributed by atoms with Gasteiger partial charge in [-0.1, -0.05) is 24.3 Å². The second kappa shape index (κ2) is 7.96. The van der Waals surface area contributed by atoms with Crippen molar-refractivity contribution >= 4 is 12.0 Å². The molecule has 1 atom stereocenters. The molecule has 1 heterocycles. The molecule has 0 bridgehead atoms. The van der Waals surface area contributed by atoms with Crippen molar-refractivity contribution in [3.05, 3.63) is 41.5 Å². The number of rotatable bonds is 6. The number of carbonyl (C=O) groups is 1. The number of nitrogens with two attached hydrogens (primary N) is 1. The molecule has 21 heavy (non-hydrogen) atoms. The highest BCUT2D eigenvalue weighted by molar-refractivity contribution is 5.87. The topological polar surface area (TPSA) is 55.6 Å². The maximum atomic E-state index is 11.3. The Bertz CT molecular complexity index is 482. The minimum Gasteiger partial charge on any atom is -0.463 e. The zero-order valence-corrected chi connectivity index (χ0v) is 12.6. The van der Waals surface area contributed by atoms with Crippen LogP contribution in [0.15, 0.2) is 30.3 Å². The van der Waals surface area contributed by atoms with Crippen LogP contribution < -0.4 is 5.73 Å². The maximum absolute atomic E-state index is 11.3. The minimum absolute atomic E-state index is 0.300. The summed E-state index contributed by atoms with van der Waals surface area (Å²) in [5, 5.41) is 0. The van der Waals surface area contributed by atoms with Gasteiger partial charge in [0.15, 0.2) is 0 Å². The van der Waals surface area contributed by atoms with E-state index in [2.05, 4.69) is 17.0 Å². The average Bonchev–Trinajstić information content (AvgIpc) is 2.95. The van der Waals surface area contributed by atoms with Crippen molar-refractivity contribution in [2.75, 3.05) is 26.2 Å². The predicted molar refractivity (Wildman–Crippen MR) is 84.7 cm³/mol. The minimum atomic E-state index is -0.300. The maximum Gasteiger partial charge on any atom is 0.330 e. The number of benzene rings is 1. The Kier molecular flexibility index (Phi) is 5.96. The summed E-state index contributed by atoms with van der Waals surface area (Å²) < 4.78 is 4.87. The smallest absolute Gasteiger partial charge is 0.330 e. The summed E-state index contributed by atoms with van der Waals surface area (Å²) in [7, 11) is 0. The van der Waals surface area contributed by atoms with Crippen molar-refractivity contribution in [3.63, 3.8) is 0 Å². The average molecular weight is 288 g/mol. The zero-order chi connectivity index (χ0) is 15.1. The molecule has 1 saturated heterocycles. The number of hydrogen-bond acceptors (Lipinski definition) is 4. The van der Waals surface area contributed by atoms with Crippen molar-refractivity contribution in [2.45, 2.75) is 25.8 Å². The molecule has 114 valence electrons. The molecule has 1 aliphatic rings. The highest BCUT2D eigenvalue weighted by Crippen LogP contribution is 2.31. The summed E-state index contributed by atoms with van der Waals surface area (Å²) in [5.74, 6) is -0.300. The van der Waals surface area contributed by atoms with Gasteiger partial charge in [0.05, 0.1) is 6.61 Å². The van der Waals surface area contributed by atoms with Crippen LogP contribution in [0.1, 0.15) is 36.9 Å². The lowest BCUT2D eigenvalue weighted by Gasteiger charge is -2.24. The number of hydrogen-bond donors (Lipinski definition) is 1. The molecule has 1 aromatic rings. The summed E-state index contributed by atoms with van der Waals surface area (Å²) in [5.41, 5.74) is 8.01. The van der Waals surface area contributed by atoms with Gasteiger partial charge in [0.25, 0.3) is 0 Å². The van der Waals surface area contributed by atoms with Crippen LogP contribution in [0, 0.1) is 0 Å². The van der Waals surface area contributed by atoms with E-state index in [4.69, 9.17) is 10.5 Å². The van der Waals surface area contributed by atoms with Gasteiger partial charge in [-0.05, 0) is 43.5 Å². The van der Waals surface area contributed by atoms with E-state index in [0.29, 0.717) is 19.2 Å². The predicted octanol–water partition coefficient (Wildman–Crippen LogP) is 2.36. The molecule has 2 rings (SSSR count). The molecule has 0 amide bonds. The summed E-state index contributed by atoms with van der Waals surface area (Å²) in [6, 6.07) is 8.86. The standard InChI is InChI=1S/C17H24N2O2/c1-2-21-17(20)10-7-14-5-8-15(9-6-14)16-4-3-12-19(16)13-11-18/h5-10,16H,2-4,11-13,18H2,1H3/b10-7+. The molecule has 1 unspecified atom stereocenters. The van der Waals surface area contributed by atoms with E-state index in [1.165, 1.54) is 24.5 Å². The third-order valence-electron chi connectivity index (χ3n) is 3.80. The quantitative estimate of drug-likeness (QED) is 0.645. The number of carbonyl (C=O) groups excluding carboxylic acids is 1. The molecule has 0 aromatic heterocycles. The van der Waals surface area contributed by atoms with Gasteiger partial charge in [0.1, 0.15) is 0 Å². The van der Waals surface area contributed by atoms with Crippen LogP contribution in [0.5, 0.6) is 0 Å². The number of likely N-dealkylation sites (tertiary alicyclic amines) is 1. The lowest BCUT2D eigenvalue weighted by molar-refractivity contribution is -0.137. The van der Waals surface area contributed by atoms with Gasteiger partial charge in [0, 0.05) is 25.2 Å². The van der Waals surface area contributed by atoms with Crippen molar-refractivity contribution in [3.8, 4) is 0 Å². The lowest BCUT2D eigenvalue weighted by Crippen LogP contribution is -2.29.